The normalized spacial score (nSPS) is 10.3. The lowest BCUT2D eigenvalue weighted by Crippen LogP contribution is -2.00. The van der Waals surface area contributed by atoms with Gasteiger partial charge in [0, 0.05) is 18.3 Å². The van der Waals surface area contributed by atoms with Gasteiger partial charge in [-0.25, -0.2) is 4.98 Å². The maximum atomic E-state index is 9.27. The van der Waals surface area contributed by atoms with Crippen LogP contribution in [0.2, 0.25) is 0 Å². The molecule has 0 atom stereocenters. The first-order chi connectivity index (χ1) is 10.3. The summed E-state index contributed by atoms with van der Waals surface area (Å²) in [6.07, 6.45) is 1.94. The molecule has 0 radical (unpaired) electrons. The fourth-order valence-corrected chi connectivity index (χ4v) is 2.27. The lowest BCUT2D eigenvalue weighted by atomic mass is 10.1. The van der Waals surface area contributed by atoms with Crippen LogP contribution in [0.25, 0.3) is 11.3 Å². The largest absolute Gasteiger partial charge is 0.318 e. The number of nitrogens with zero attached hydrogens (tertiary/aromatic N) is 3. The van der Waals surface area contributed by atoms with Crippen molar-refractivity contribution >= 4 is 0 Å². The Morgan fingerprint density at radius 2 is 1.76 bits per heavy atom. The van der Waals surface area contributed by atoms with E-state index >= 15 is 0 Å². The van der Waals surface area contributed by atoms with Crippen LogP contribution in [0.1, 0.15) is 17.0 Å². The van der Waals surface area contributed by atoms with Crippen LogP contribution in [0.15, 0.2) is 60.8 Å². The zero-order chi connectivity index (χ0) is 14.7. The molecule has 3 heteroatoms. The van der Waals surface area contributed by atoms with Crippen molar-refractivity contribution < 1.29 is 0 Å². The summed E-state index contributed by atoms with van der Waals surface area (Å²) in [6, 6.07) is 20.4. The summed E-state index contributed by atoms with van der Waals surface area (Å²) in [5.41, 5.74) is 4.23. The molecular weight excluding hydrogens is 258 g/mol. The van der Waals surface area contributed by atoms with Crippen molar-refractivity contribution in [3.63, 3.8) is 0 Å². The monoisotopic (exact) mass is 273 g/mol. The highest BCUT2D eigenvalue weighted by Gasteiger charge is 2.09. The first-order valence-electron chi connectivity index (χ1n) is 6.84. The first kappa shape index (κ1) is 13.1. The summed E-state index contributed by atoms with van der Waals surface area (Å²) in [4.78, 5) is 4.43. The summed E-state index contributed by atoms with van der Waals surface area (Å²) < 4.78 is 1.89. The van der Waals surface area contributed by atoms with E-state index in [0.29, 0.717) is 12.4 Å². The summed E-state index contributed by atoms with van der Waals surface area (Å²) in [7, 11) is 0. The SMILES string of the molecule is Cc1ccc(-c2cn(Cc3ccccc3)c(C#N)n2)cc1. The Bertz CT molecular complexity index is 778. The molecule has 0 bridgehead atoms. The Kier molecular flexibility index (Phi) is 3.53. The van der Waals surface area contributed by atoms with Crippen LogP contribution < -0.4 is 0 Å². The van der Waals surface area contributed by atoms with Gasteiger partial charge in [0.05, 0.1) is 5.69 Å². The van der Waals surface area contributed by atoms with Crippen molar-refractivity contribution in [1.82, 2.24) is 9.55 Å². The minimum Gasteiger partial charge on any atom is -0.318 e. The van der Waals surface area contributed by atoms with Gasteiger partial charge in [-0.3, -0.25) is 0 Å². The fourth-order valence-electron chi connectivity index (χ4n) is 2.27. The number of benzene rings is 2. The summed E-state index contributed by atoms with van der Waals surface area (Å²) in [6.45, 7) is 2.71. The van der Waals surface area contributed by atoms with Gasteiger partial charge in [0.25, 0.3) is 0 Å². The van der Waals surface area contributed by atoms with E-state index in [1.807, 2.05) is 53.2 Å². The van der Waals surface area contributed by atoms with Crippen molar-refractivity contribution in [3.05, 3.63) is 77.7 Å². The fraction of sp³-hybridized carbons (Fsp3) is 0.111. The second kappa shape index (κ2) is 5.64. The van der Waals surface area contributed by atoms with Gasteiger partial charge in [0.15, 0.2) is 0 Å². The minimum absolute atomic E-state index is 0.439. The van der Waals surface area contributed by atoms with E-state index < -0.39 is 0 Å². The molecule has 0 aliphatic rings. The third-order valence-electron chi connectivity index (χ3n) is 3.42. The molecule has 0 aliphatic heterocycles. The van der Waals surface area contributed by atoms with Crippen molar-refractivity contribution in [2.45, 2.75) is 13.5 Å². The zero-order valence-corrected chi connectivity index (χ0v) is 11.8. The number of rotatable bonds is 3. The third kappa shape index (κ3) is 2.85. The molecule has 0 unspecified atom stereocenters. The first-order valence-corrected chi connectivity index (χ1v) is 6.84. The summed E-state index contributed by atoms with van der Waals surface area (Å²) >= 11 is 0. The van der Waals surface area contributed by atoms with Crippen LogP contribution in [-0.2, 0) is 6.54 Å². The number of hydrogen-bond acceptors (Lipinski definition) is 2. The molecule has 3 rings (SSSR count). The number of aromatic nitrogens is 2. The Morgan fingerprint density at radius 1 is 1.05 bits per heavy atom. The molecule has 2 aromatic carbocycles. The predicted octanol–water partition coefficient (Wildman–Crippen LogP) is 3.78. The maximum absolute atomic E-state index is 9.27. The van der Waals surface area contributed by atoms with Crippen LogP contribution in [0.5, 0.6) is 0 Å². The Balaban J connectivity index is 1.95. The van der Waals surface area contributed by atoms with Crippen LogP contribution in [0, 0.1) is 18.3 Å². The predicted molar refractivity (Wildman–Crippen MR) is 82.7 cm³/mol. The van der Waals surface area contributed by atoms with E-state index in [1.54, 1.807) is 0 Å². The standard InChI is InChI=1S/C18H15N3/c1-14-7-9-16(10-8-14)17-13-21(18(11-19)20-17)12-15-5-3-2-4-6-15/h2-10,13H,12H2,1H3. The van der Waals surface area contributed by atoms with Gasteiger partial charge in [-0.05, 0) is 12.5 Å². The van der Waals surface area contributed by atoms with Crippen LogP contribution in [-0.4, -0.2) is 9.55 Å². The van der Waals surface area contributed by atoms with E-state index in [0.717, 1.165) is 16.8 Å². The van der Waals surface area contributed by atoms with E-state index in [4.69, 9.17) is 0 Å². The summed E-state index contributed by atoms with van der Waals surface area (Å²) in [5, 5.41) is 9.27. The second-order valence-electron chi connectivity index (χ2n) is 5.04. The lowest BCUT2D eigenvalue weighted by molar-refractivity contribution is 0.782. The van der Waals surface area contributed by atoms with E-state index in [1.165, 1.54) is 5.56 Å². The number of hydrogen-bond donors (Lipinski definition) is 0. The highest BCUT2D eigenvalue weighted by molar-refractivity contribution is 5.59. The van der Waals surface area contributed by atoms with Crippen molar-refractivity contribution in [1.29, 1.82) is 5.26 Å². The average molecular weight is 273 g/mol. The minimum atomic E-state index is 0.439. The molecule has 0 saturated carbocycles. The van der Waals surface area contributed by atoms with Crippen molar-refractivity contribution in [2.24, 2.45) is 0 Å². The van der Waals surface area contributed by atoms with Crippen molar-refractivity contribution in [2.75, 3.05) is 0 Å². The van der Waals surface area contributed by atoms with Gasteiger partial charge in [0.2, 0.25) is 5.82 Å². The molecule has 0 fully saturated rings. The molecule has 0 aliphatic carbocycles. The van der Waals surface area contributed by atoms with Crippen LogP contribution >= 0.6 is 0 Å². The summed E-state index contributed by atoms with van der Waals surface area (Å²) in [5.74, 6) is 0.439. The van der Waals surface area contributed by atoms with E-state index in [9.17, 15) is 5.26 Å². The van der Waals surface area contributed by atoms with Crippen LogP contribution in [0.4, 0.5) is 0 Å². The Hall–Kier alpha value is -2.86. The van der Waals surface area contributed by atoms with Gasteiger partial charge < -0.3 is 4.57 Å². The topological polar surface area (TPSA) is 41.6 Å². The second-order valence-corrected chi connectivity index (χ2v) is 5.04. The van der Waals surface area contributed by atoms with E-state index in [2.05, 4.69) is 30.1 Å². The molecule has 1 heterocycles. The molecule has 102 valence electrons. The molecule has 0 N–H and O–H groups in total. The van der Waals surface area contributed by atoms with Gasteiger partial charge in [-0.15, -0.1) is 0 Å². The maximum Gasteiger partial charge on any atom is 0.213 e. The molecule has 3 nitrogen and oxygen atoms in total. The average Bonchev–Trinajstić information content (AvgIpc) is 2.92. The quantitative estimate of drug-likeness (QED) is 0.728. The van der Waals surface area contributed by atoms with Crippen LogP contribution in [0.3, 0.4) is 0 Å². The lowest BCUT2D eigenvalue weighted by Gasteiger charge is -2.03. The number of nitriles is 1. The van der Waals surface area contributed by atoms with Crippen molar-refractivity contribution in [3.8, 4) is 17.3 Å². The zero-order valence-electron chi connectivity index (χ0n) is 11.8. The Morgan fingerprint density at radius 3 is 2.43 bits per heavy atom. The highest BCUT2D eigenvalue weighted by Crippen LogP contribution is 2.20. The number of imidazole rings is 1. The van der Waals surface area contributed by atoms with Gasteiger partial charge in [-0.1, -0.05) is 60.2 Å². The number of aryl methyl sites for hydroxylation is 1. The molecule has 0 saturated heterocycles. The van der Waals surface area contributed by atoms with Gasteiger partial charge >= 0.3 is 0 Å². The van der Waals surface area contributed by atoms with E-state index in [-0.39, 0.29) is 0 Å². The molecule has 0 spiro atoms. The molecule has 21 heavy (non-hydrogen) atoms. The Labute approximate surface area is 124 Å². The van der Waals surface area contributed by atoms with Gasteiger partial charge in [-0.2, -0.15) is 5.26 Å². The molecule has 3 aromatic rings. The third-order valence-corrected chi connectivity index (χ3v) is 3.42. The van der Waals surface area contributed by atoms with Gasteiger partial charge in [0.1, 0.15) is 6.07 Å². The highest BCUT2D eigenvalue weighted by atomic mass is 15.1. The molecular formula is C18H15N3. The molecule has 0 amide bonds. The smallest absolute Gasteiger partial charge is 0.213 e. The molecule has 1 aromatic heterocycles.